The minimum Gasteiger partial charge on any atom is -0.462 e. The lowest BCUT2D eigenvalue weighted by Crippen LogP contribution is -2.51. The lowest BCUT2D eigenvalue weighted by atomic mass is 9.96. The number of azide groups is 1. The van der Waals surface area contributed by atoms with Crippen LogP contribution in [0.15, 0.2) is 34.8 Å². The van der Waals surface area contributed by atoms with Crippen molar-refractivity contribution in [2.45, 2.75) is 50.8 Å². The molecule has 0 saturated carbocycles. The summed E-state index contributed by atoms with van der Waals surface area (Å²) in [6.07, 6.45) is -1.84. The first-order valence-corrected chi connectivity index (χ1v) is 8.95. The molecule has 11 nitrogen and oxygen atoms in total. The maximum Gasteiger partial charge on any atom is 0.305 e. The predicted molar refractivity (Wildman–Crippen MR) is 99.7 cm³/mol. The molecule has 0 aromatic carbocycles. The Morgan fingerprint density at radius 1 is 1.48 bits per heavy atom. The highest BCUT2D eigenvalue weighted by Crippen LogP contribution is 2.40. The van der Waals surface area contributed by atoms with E-state index in [2.05, 4.69) is 21.6 Å². The topological polar surface area (TPSA) is 152 Å². The van der Waals surface area contributed by atoms with Crippen molar-refractivity contribution in [2.75, 3.05) is 13.2 Å². The molecule has 1 saturated heterocycles. The number of carbonyl (C=O) groups excluding carboxylic acids is 2. The summed E-state index contributed by atoms with van der Waals surface area (Å²) in [5.41, 5.74) is 12.6. The van der Waals surface area contributed by atoms with Crippen molar-refractivity contribution in [1.29, 1.82) is 0 Å². The van der Waals surface area contributed by atoms with E-state index in [0.29, 0.717) is 0 Å². The Kier molecular flexibility index (Phi) is 7.18. The number of hydrogen-bond donors (Lipinski definition) is 1. The first-order valence-electron chi connectivity index (χ1n) is 8.95. The van der Waals surface area contributed by atoms with E-state index >= 15 is 4.39 Å². The number of amidine groups is 1. The molecule has 0 radical (unpaired) electrons. The van der Waals surface area contributed by atoms with Crippen molar-refractivity contribution >= 4 is 17.8 Å². The number of nitrogens with two attached hydrogens (primary N) is 1. The maximum atomic E-state index is 15.5. The lowest BCUT2D eigenvalue weighted by Gasteiger charge is -2.33. The maximum absolute atomic E-state index is 15.5. The number of alkyl halides is 1. The first-order chi connectivity index (χ1) is 13.8. The zero-order valence-electron chi connectivity index (χ0n) is 16.2. The minimum absolute atomic E-state index is 0.0165. The second kappa shape index (κ2) is 9.39. The second-order valence-corrected chi connectivity index (χ2v) is 6.36. The van der Waals surface area contributed by atoms with Gasteiger partial charge in [0.05, 0.1) is 6.54 Å². The number of aliphatic imine (C=N–C) groups is 1. The Morgan fingerprint density at radius 2 is 2.17 bits per heavy atom. The molecule has 0 aliphatic carbocycles. The number of esters is 2. The average Bonchev–Trinajstić information content (AvgIpc) is 2.96. The van der Waals surface area contributed by atoms with Crippen LogP contribution >= 0.6 is 0 Å². The van der Waals surface area contributed by atoms with E-state index in [9.17, 15) is 9.59 Å². The monoisotopic (exact) mass is 410 g/mol. The van der Waals surface area contributed by atoms with Crippen LogP contribution < -0.4 is 5.73 Å². The number of hydrogen-bond acceptors (Lipinski definition) is 9. The molecule has 2 aliphatic rings. The molecule has 1 fully saturated rings. The SMILES string of the molecule is C=C1N=C(N)C=CN1[C@@H]1O[C@](CN=[N+]=[N-])(COC(=O)CC)[C@@H](OC(=O)CC)[C@H]1F. The summed E-state index contributed by atoms with van der Waals surface area (Å²) in [5.74, 6) is -0.994. The van der Waals surface area contributed by atoms with Gasteiger partial charge in [-0.15, -0.1) is 0 Å². The molecule has 0 aromatic heterocycles. The molecule has 0 bridgehead atoms. The van der Waals surface area contributed by atoms with Crippen LogP contribution in [0.4, 0.5) is 4.39 Å². The predicted octanol–water partition coefficient (Wildman–Crippen LogP) is 1.66. The summed E-state index contributed by atoms with van der Waals surface area (Å²) in [6.45, 7) is 5.92. The highest BCUT2D eigenvalue weighted by molar-refractivity contribution is 5.92. The largest absolute Gasteiger partial charge is 0.462 e. The molecule has 29 heavy (non-hydrogen) atoms. The molecule has 0 spiro atoms. The van der Waals surface area contributed by atoms with Gasteiger partial charge in [-0.2, -0.15) is 0 Å². The second-order valence-electron chi connectivity index (χ2n) is 6.36. The van der Waals surface area contributed by atoms with Crippen LogP contribution in [0.25, 0.3) is 10.4 Å². The van der Waals surface area contributed by atoms with Crippen molar-refractivity contribution in [3.63, 3.8) is 0 Å². The Labute approximate surface area is 166 Å². The number of carbonyl (C=O) groups is 2. The number of rotatable bonds is 8. The van der Waals surface area contributed by atoms with E-state index in [1.165, 1.54) is 17.2 Å². The highest BCUT2D eigenvalue weighted by Gasteiger charge is 2.60. The van der Waals surface area contributed by atoms with E-state index < -0.39 is 49.2 Å². The Balaban J connectivity index is 2.41. The van der Waals surface area contributed by atoms with Gasteiger partial charge < -0.3 is 24.8 Å². The zero-order valence-corrected chi connectivity index (χ0v) is 16.2. The molecule has 2 aliphatic heterocycles. The highest BCUT2D eigenvalue weighted by atomic mass is 19.1. The first kappa shape index (κ1) is 22.2. The van der Waals surface area contributed by atoms with Crippen LogP contribution in [0.2, 0.25) is 0 Å². The quantitative estimate of drug-likeness (QED) is 0.276. The Morgan fingerprint density at radius 3 is 2.76 bits per heavy atom. The molecule has 158 valence electrons. The molecular weight excluding hydrogens is 387 g/mol. The van der Waals surface area contributed by atoms with E-state index in [0.717, 1.165) is 0 Å². The fourth-order valence-electron chi connectivity index (χ4n) is 2.88. The number of halogens is 1. The lowest BCUT2D eigenvalue weighted by molar-refractivity contribution is -0.176. The summed E-state index contributed by atoms with van der Waals surface area (Å²) < 4.78 is 31.7. The molecule has 2 N–H and O–H groups in total. The van der Waals surface area contributed by atoms with Gasteiger partial charge in [0.15, 0.2) is 24.1 Å². The van der Waals surface area contributed by atoms with Crippen molar-refractivity contribution in [3.8, 4) is 0 Å². The average molecular weight is 410 g/mol. The smallest absolute Gasteiger partial charge is 0.305 e. The summed E-state index contributed by atoms with van der Waals surface area (Å²) in [4.78, 5) is 31.5. The van der Waals surface area contributed by atoms with Gasteiger partial charge in [-0.3, -0.25) is 9.59 Å². The van der Waals surface area contributed by atoms with Crippen LogP contribution in [0.1, 0.15) is 26.7 Å². The van der Waals surface area contributed by atoms with Crippen LogP contribution in [-0.4, -0.2) is 59.9 Å². The van der Waals surface area contributed by atoms with Crippen molar-refractivity contribution in [1.82, 2.24) is 4.90 Å². The fraction of sp³-hybridized carbons (Fsp3) is 0.588. The Bertz CT molecular complexity index is 780. The fourth-order valence-corrected chi connectivity index (χ4v) is 2.88. The van der Waals surface area contributed by atoms with Gasteiger partial charge in [0, 0.05) is 24.0 Å². The van der Waals surface area contributed by atoms with E-state index in [1.54, 1.807) is 13.8 Å². The standard InChI is InChI=1S/C17H23FN6O5/c1-4-12(25)27-9-17(8-21-23-20)15(28-13(26)5-2)14(18)16(29-17)24-7-6-11(19)22-10(24)3/h6-7,14-16H,3-5,8-9H2,1-2H3,(H2,19,22)/t14-,15+,16-,17-/m1/s1. The van der Waals surface area contributed by atoms with E-state index in [4.69, 9.17) is 25.5 Å². The molecule has 2 heterocycles. The molecular formula is C17H23FN6O5. The zero-order chi connectivity index (χ0) is 21.6. The van der Waals surface area contributed by atoms with Crippen LogP contribution in [0.3, 0.4) is 0 Å². The van der Waals surface area contributed by atoms with Gasteiger partial charge in [-0.05, 0) is 11.6 Å². The van der Waals surface area contributed by atoms with Gasteiger partial charge in [-0.25, -0.2) is 9.38 Å². The molecule has 12 heteroatoms. The summed E-state index contributed by atoms with van der Waals surface area (Å²) in [7, 11) is 0. The van der Waals surface area contributed by atoms with Crippen molar-refractivity contribution < 1.29 is 28.2 Å². The van der Waals surface area contributed by atoms with Gasteiger partial charge in [0.2, 0.25) is 0 Å². The third-order valence-corrected chi connectivity index (χ3v) is 4.39. The number of ether oxygens (including phenoxy) is 3. The van der Waals surface area contributed by atoms with Crippen LogP contribution in [0.5, 0.6) is 0 Å². The van der Waals surface area contributed by atoms with E-state index in [-0.39, 0.29) is 24.5 Å². The Hall–Kier alpha value is -3.11. The molecule has 0 aromatic rings. The summed E-state index contributed by atoms with van der Waals surface area (Å²) in [5, 5.41) is 3.46. The third-order valence-electron chi connectivity index (χ3n) is 4.39. The van der Waals surface area contributed by atoms with Gasteiger partial charge in [0.1, 0.15) is 18.3 Å². The van der Waals surface area contributed by atoms with E-state index in [1.807, 2.05) is 0 Å². The molecule has 2 rings (SSSR count). The van der Waals surface area contributed by atoms with Gasteiger partial charge in [0.25, 0.3) is 0 Å². The van der Waals surface area contributed by atoms with Crippen LogP contribution in [-0.2, 0) is 23.8 Å². The third kappa shape index (κ3) is 4.84. The summed E-state index contributed by atoms with van der Waals surface area (Å²) in [6, 6.07) is 0. The molecule has 0 amide bonds. The van der Waals surface area contributed by atoms with Gasteiger partial charge >= 0.3 is 11.9 Å². The number of nitrogens with zero attached hydrogens (tertiary/aromatic N) is 5. The summed E-state index contributed by atoms with van der Waals surface area (Å²) >= 11 is 0. The normalized spacial score (nSPS) is 28.5. The molecule has 0 unspecified atom stereocenters. The molecule has 4 atom stereocenters. The van der Waals surface area contributed by atoms with Crippen molar-refractivity contribution in [3.05, 3.63) is 35.1 Å². The van der Waals surface area contributed by atoms with Crippen LogP contribution in [0, 0.1) is 0 Å². The van der Waals surface area contributed by atoms with Crippen molar-refractivity contribution in [2.24, 2.45) is 15.8 Å². The van der Waals surface area contributed by atoms with Gasteiger partial charge in [-0.1, -0.05) is 25.5 Å². The minimum atomic E-state index is -1.89.